The number of nitrogens with one attached hydrogen (secondary N) is 2. The van der Waals surface area contributed by atoms with Crippen molar-refractivity contribution in [1.29, 1.82) is 0 Å². The van der Waals surface area contributed by atoms with Gasteiger partial charge >= 0.3 is 6.03 Å². The Kier molecular flexibility index (Phi) is 4.05. The highest BCUT2D eigenvalue weighted by Crippen LogP contribution is 2.14. The molecule has 0 spiro atoms. The molecule has 0 saturated carbocycles. The molecule has 2 N–H and O–H groups in total. The third-order valence-corrected chi connectivity index (χ3v) is 3.60. The third-order valence-electron chi connectivity index (χ3n) is 2.84. The summed E-state index contributed by atoms with van der Waals surface area (Å²) in [6.45, 7) is 2.19. The van der Waals surface area contributed by atoms with E-state index in [1.54, 1.807) is 11.0 Å². The molecular weight excluding hydrogens is 302 g/mol. The molecule has 0 fully saturated rings. The van der Waals surface area contributed by atoms with Crippen LogP contribution in [0.15, 0.2) is 36.9 Å². The number of anilines is 1. The third kappa shape index (κ3) is 3.26. The molecule has 8 nitrogen and oxygen atoms in total. The summed E-state index contributed by atoms with van der Waals surface area (Å²) in [6, 6.07) is 7.32. The molecule has 0 aliphatic carbocycles. The van der Waals surface area contributed by atoms with Gasteiger partial charge in [-0.1, -0.05) is 29.5 Å². The molecule has 112 valence electrons. The summed E-state index contributed by atoms with van der Waals surface area (Å²) in [7, 11) is 0. The number of benzene rings is 1. The summed E-state index contributed by atoms with van der Waals surface area (Å²) in [5, 5.41) is 18.5. The number of carbonyl (C=O) groups is 1. The zero-order chi connectivity index (χ0) is 15.4. The van der Waals surface area contributed by atoms with Crippen molar-refractivity contribution < 1.29 is 4.79 Å². The van der Waals surface area contributed by atoms with E-state index in [4.69, 9.17) is 0 Å². The molecule has 0 aliphatic rings. The van der Waals surface area contributed by atoms with Crippen molar-refractivity contribution in [2.24, 2.45) is 0 Å². The van der Waals surface area contributed by atoms with Crippen LogP contribution in [0.25, 0.3) is 5.69 Å². The molecule has 0 aliphatic heterocycles. The second-order valence-electron chi connectivity index (χ2n) is 4.40. The van der Waals surface area contributed by atoms with Gasteiger partial charge in [0, 0.05) is 6.54 Å². The minimum absolute atomic E-state index is 0.329. The van der Waals surface area contributed by atoms with Gasteiger partial charge in [-0.05, 0) is 18.6 Å². The van der Waals surface area contributed by atoms with Crippen molar-refractivity contribution in [3.63, 3.8) is 0 Å². The highest BCUT2D eigenvalue weighted by molar-refractivity contribution is 7.15. The number of hydrogen-bond donors (Lipinski definition) is 2. The number of carbonyl (C=O) groups excluding carboxylic acids is 1. The first kappa shape index (κ1) is 14.1. The fourth-order valence-electron chi connectivity index (χ4n) is 1.88. The van der Waals surface area contributed by atoms with Crippen molar-refractivity contribution in [1.82, 2.24) is 30.3 Å². The van der Waals surface area contributed by atoms with Gasteiger partial charge in [-0.15, -0.1) is 10.2 Å². The molecule has 22 heavy (non-hydrogen) atoms. The molecule has 0 radical (unpaired) electrons. The number of amides is 2. The summed E-state index contributed by atoms with van der Waals surface area (Å²) < 4.78 is 1.66. The van der Waals surface area contributed by atoms with Crippen LogP contribution in [0.4, 0.5) is 9.93 Å². The molecular formula is C13H13N7OS. The molecule has 9 heteroatoms. The van der Waals surface area contributed by atoms with Gasteiger partial charge in [0.15, 0.2) is 0 Å². The first-order valence-electron chi connectivity index (χ1n) is 6.50. The Labute approximate surface area is 130 Å². The van der Waals surface area contributed by atoms with Gasteiger partial charge in [-0.2, -0.15) is 5.10 Å². The first-order chi connectivity index (χ1) is 10.7. The lowest BCUT2D eigenvalue weighted by Crippen LogP contribution is -2.28. The van der Waals surface area contributed by atoms with Crippen LogP contribution in [-0.2, 0) is 6.54 Å². The normalized spacial score (nSPS) is 10.4. The Hall–Kier alpha value is -2.81. The van der Waals surface area contributed by atoms with Crippen LogP contribution < -0.4 is 10.6 Å². The zero-order valence-corrected chi connectivity index (χ0v) is 12.5. The van der Waals surface area contributed by atoms with Crippen molar-refractivity contribution in [2.45, 2.75) is 13.5 Å². The van der Waals surface area contributed by atoms with E-state index in [-0.39, 0.29) is 6.03 Å². The van der Waals surface area contributed by atoms with E-state index in [9.17, 15) is 4.79 Å². The fraction of sp³-hybridized carbons (Fsp3) is 0.154. The van der Waals surface area contributed by atoms with Gasteiger partial charge in [0.25, 0.3) is 0 Å². The Morgan fingerprint density at radius 1 is 1.32 bits per heavy atom. The average molecular weight is 315 g/mol. The molecule has 2 heterocycles. The highest BCUT2D eigenvalue weighted by Gasteiger charge is 2.08. The van der Waals surface area contributed by atoms with E-state index in [2.05, 4.69) is 30.9 Å². The number of aryl methyl sites for hydroxylation is 1. The highest BCUT2D eigenvalue weighted by atomic mass is 32.1. The van der Waals surface area contributed by atoms with Gasteiger partial charge in [-0.25, -0.2) is 14.5 Å². The van der Waals surface area contributed by atoms with Crippen LogP contribution in [0.2, 0.25) is 0 Å². The number of hydrogen-bond acceptors (Lipinski definition) is 6. The number of nitrogens with zero attached hydrogens (tertiary/aromatic N) is 5. The largest absolute Gasteiger partial charge is 0.334 e. The lowest BCUT2D eigenvalue weighted by molar-refractivity contribution is 0.251. The van der Waals surface area contributed by atoms with Crippen molar-refractivity contribution >= 4 is 22.5 Å². The van der Waals surface area contributed by atoms with Gasteiger partial charge in [0.2, 0.25) is 5.13 Å². The van der Waals surface area contributed by atoms with Crippen LogP contribution in [0, 0.1) is 6.92 Å². The van der Waals surface area contributed by atoms with Crippen LogP contribution in [0.1, 0.15) is 10.6 Å². The Morgan fingerprint density at radius 3 is 2.91 bits per heavy atom. The van der Waals surface area contributed by atoms with Gasteiger partial charge in [-0.3, -0.25) is 5.32 Å². The topological polar surface area (TPSA) is 97.6 Å². The van der Waals surface area contributed by atoms with E-state index < -0.39 is 0 Å². The number of urea groups is 1. The molecule has 1 aromatic carbocycles. The Balaban J connectivity index is 1.65. The molecule has 0 unspecified atom stereocenters. The van der Waals surface area contributed by atoms with Crippen molar-refractivity contribution in [3.8, 4) is 5.69 Å². The minimum Gasteiger partial charge on any atom is -0.334 e. The SMILES string of the molecule is Cc1nnc(NC(=O)NCc2ccccc2-n2cncn2)s1. The van der Waals surface area contributed by atoms with E-state index in [1.807, 2.05) is 31.2 Å². The summed E-state index contributed by atoms with van der Waals surface area (Å²) in [4.78, 5) is 15.8. The Morgan fingerprint density at radius 2 is 2.18 bits per heavy atom. The quantitative estimate of drug-likeness (QED) is 0.764. The van der Waals surface area contributed by atoms with Crippen LogP contribution in [-0.4, -0.2) is 31.0 Å². The molecule has 2 aromatic heterocycles. The second kappa shape index (κ2) is 6.31. The summed E-state index contributed by atoms with van der Waals surface area (Å²) >= 11 is 1.32. The fourth-order valence-corrected chi connectivity index (χ4v) is 2.47. The monoisotopic (exact) mass is 315 g/mol. The lowest BCUT2D eigenvalue weighted by Gasteiger charge is -2.10. The predicted molar refractivity (Wildman–Crippen MR) is 81.9 cm³/mol. The molecule has 2 amide bonds. The smallest absolute Gasteiger partial charge is 0.321 e. The average Bonchev–Trinajstić information content (AvgIpc) is 3.17. The molecule has 0 atom stereocenters. The molecule has 0 bridgehead atoms. The minimum atomic E-state index is -0.329. The maximum Gasteiger partial charge on any atom is 0.321 e. The predicted octanol–water partition coefficient (Wildman–Crippen LogP) is 1.75. The lowest BCUT2D eigenvalue weighted by atomic mass is 10.2. The molecule has 3 rings (SSSR count). The van der Waals surface area contributed by atoms with E-state index in [0.717, 1.165) is 16.3 Å². The zero-order valence-electron chi connectivity index (χ0n) is 11.7. The number of rotatable bonds is 4. The number of aromatic nitrogens is 5. The van der Waals surface area contributed by atoms with Crippen molar-refractivity contribution in [3.05, 3.63) is 47.5 Å². The summed E-state index contributed by atoms with van der Waals surface area (Å²) in [5.41, 5.74) is 1.80. The molecule has 0 saturated heterocycles. The van der Waals surface area contributed by atoms with E-state index >= 15 is 0 Å². The summed E-state index contributed by atoms with van der Waals surface area (Å²) in [5.74, 6) is 0. The van der Waals surface area contributed by atoms with Gasteiger partial charge in [0.05, 0.1) is 5.69 Å². The first-order valence-corrected chi connectivity index (χ1v) is 7.32. The van der Waals surface area contributed by atoms with Crippen LogP contribution in [0.5, 0.6) is 0 Å². The summed E-state index contributed by atoms with van der Waals surface area (Å²) in [6.07, 6.45) is 3.08. The maximum absolute atomic E-state index is 11.9. The number of para-hydroxylation sites is 1. The standard InChI is InChI=1S/C13H13N7OS/c1-9-18-19-13(22-9)17-12(21)15-6-10-4-2-3-5-11(10)20-8-14-7-16-20/h2-5,7-8H,6H2,1H3,(H2,15,17,19,21). The van der Waals surface area contributed by atoms with Crippen LogP contribution >= 0.6 is 11.3 Å². The molecule has 3 aromatic rings. The van der Waals surface area contributed by atoms with Crippen molar-refractivity contribution in [2.75, 3.05) is 5.32 Å². The maximum atomic E-state index is 11.9. The van der Waals surface area contributed by atoms with Gasteiger partial charge < -0.3 is 5.32 Å². The van der Waals surface area contributed by atoms with Crippen LogP contribution in [0.3, 0.4) is 0 Å². The second-order valence-corrected chi connectivity index (χ2v) is 5.58. The Bertz CT molecular complexity index is 768. The van der Waals surface area contributed by atoms with E-state index in [0.29, 0.717) is 11.7 Å². The van der Waals surface area contributed by atoms with Gasteiger partial charge in [0.1, 0.15) is 17.7 Å². The van der Waals surface area contributed by atoms with E-state index in [1.165, 1.54) is 17.7 Å².